The number of aromatic nitrogens is 3. The van der Waals surface area contributed by atoms with E-state index in [1.54, 1.807) is 6.20 Å². The maximum atomic E-state index is 11.6. The fourth-order valence-electron chi connectivity index (χ4n) is 3.70. The number of nitrogens with zero attached hydrogens (tertiary/aromatic N) is 4. The molecule has 1 aromatic carbocycles. The summed E-state index contributed by atoms with van der Waals surface area (Å²) in [5.41, 5.74) is 3.53. The van der Waals surface area contributed by atoms with E-state index in [4.69, 9.17) is 0 Å². The molecule has 0 radical (unpaired) electrons. The van der Waals surface area contributed by atoms with Gasteiger partial charge in [-0.2, -0.15) is 5.10 Å². The third-order valence-electron chi connectivity index (χ3n) is 4.98. The minimum atomic E-state index is 0.156. The van der Waals surface area contributed by atoms with Crippen molar-refractivity contribution in [3.05, 3.63) is 83.9 Å². The molecular formula is C22H25N5O. The van der Waals surface area contributed by atoms with Gasteiger partial charge in [0.15, 0.2) is 0 Å². The van der Waals surface area contributed by atoms with Crippen LogP contribution in [0.4, 0.5) is 0 Å². The van der Waals surface area contributed by atoms with Crippen molar-refractivity contribution in [3.8, 4) is 0 Å². The van der Waals surface area contributed by atoms with Crippen LogP contribution in [0.3, 0.4) is 0 Å². The standard InChI is InChI=1S/C22H25N5O/c28-22-9-8-21(25-22)17-26(16-20-7-1-2-10-23-20)14-18-5-3-6-19(13-18)15-27-12-4-11-24-27/h1-7,10-13,21H,8-9,14-17H2,(H,25,28)/t21-/m0/s1. The molecule has 1 fully saturated rings. The van der Waals surface area contributed by atoms with E-state index in [-0.39, 0.29) is 11.9 Å². The number of carbonyl (C=O) groups excluding carboxylic acids is 1. The number of pyridine rings is 1. The Balaban J connectivity index is 1.47. The van der Waals surface area contributed by atoms with E-state index in [0.29, 0.717) is 6.42 Å². The highest BCUT2D eigenvalue weighted by Gasteiger charge is 2.23. The SMILES string of the molecule is O=C1CC[C@@H](CN(Cc2cccc(Cn3cccn3)c2)Cc2ccccn2)N1. The van der Waals surface area contributed by atoms with E-state index in [0.717, 1.165) is 38.3 Å². The highest BCUT2D eigenvalue weighted by Crippen LogP contribution is 2.15. The second kappa shape index (κ2) is 8.80. The number of amides is 1. The quantitative estimate of drug-likeness (QED) is 0.657. The molecule has 4 rings (SSSR count). The Kier molecular flexibility index (Phi) is 5.77. The zero-order valence-electron chi connectivity index (χ0n) is 15.9. The van der Waals surface area contributed by atoms with Gasteiger partial charge in [-0.25, -0.2) is 0 Å². The summed E-state index contributed by atoms with van der Waals surface area (Å²) in [5, 5.41) is 7.38. The smallest absolute Gasteiger partial charge is 0.220 e. The molecule has 6 heteroatoms. The van der Waals surface area contributed by atoms with Gasteiger partial charge in [0.25, 0.3) is 0 Å². The summed E-state index contributed by atoms with van der Waals surface area (Å²) < 4.78 is 1.93. The Morgan fingerprint density at radius 2 is 2.00 bits per heavy atom. The van der Waals surface area contributed by atoms with Crippen molar-refractivity contribution < 1.29 is 4.79 Å². The first-order valence-corrected chi connectivity index (χ1v) is 9.71. The molecule has 144 valence electrons. The van der Waals surface area contributed by atoms with Gasteiger partial charge in [-0.3, -0.25) is 19.4 Å². The summed E-state index contributed by atoms with van der Waals surface area (Å²) in [7, 11) is 0. The van der Waals surface area contributed by atoms with Gasteiger partial charge in [-0.05, 0) is 35.7 Å². The molecule has 1 atom stereocenters. The topological polar surface area (TPSA) is 63.1 Å². The van der Waals surface area contributed by atoms with Gasteiger partial charge in [0, 0.05) is 50.7 Å². The van der Waals surface area contributed by atoms with Crippen molar-refractivity contribution in [1.82, 2.24) is 25.0 Å². The van der Waals surface area contributed by atoms with Crippen LogP contribution in [0.25, 0.3) is 0 Å². The van der Waals surface area contributed by atoms with Crippen molar-refractivity contribution >= 4 is 5.91 Å². The summed E-state index contributed by atoms with van der Waals surface area (Å²) >= 11 is 0. The Morgan fingerprint density at radius 1 is 1.07 bits per heavy atom. The third-order valence-corrected chi connectivity index (χ3v) is 4.98. The van der Waals surface area contributed by atoms with E-state index < -0.39 is 0 Å². The van der Waals surface area contributed by atoms with Crippen LogP contribution >= 0.6 is 0 Å². The molecule has 6 nitrogen and oxygen atoms in total. The molecule has 1 N–H and O–H groups in total. The molecule has 1 saturated heterocycles. The number of hydrogen-bond donors (Lipinski definition) is 1. The Bertz CT molecular complexity index is 894. The van der Waals surface area contributed by atoms with Gasteiger partial charge < -0.3 is 5.32 Å². The lowest BCUT2D eigenvalue weighted by Gasteiger charge is -2.25. The predicted molar refractivity (Wildman–Crippen MR) is 107 cm³/mol. The molecule has 3 heterocycles. The van der Waals surface area contributed by atoms with Gasteiger partial charge in [-0.1, -0.05) is 30.3 Å². The van der Waals surface area contributed by atoms with Crippen LogP contribution in [-0.4, -0.2) is 38.2 Å². The Labute approximate surface area is 165 Å². The number of nitrogens with one attached hydrogen (secondary N) is 1. The van der Waals surface area contributed by atoms with Crippen LogP contribution in [0.1, 0.15) is 29.7 Å². The van der Waals surface area contributed by atoms with E-state index in [1.807, 2.05) is 41.3 Å². The monoisotopic (exact) mass is 375 g/mol. The first kappa shape index (κ1) is 18.4. The van der Waals surface area contributed by atoms with Crippen LogP contribution in [0.2, 0.25) is 0 Å². The number of rotatable bonds is 8. The lowest BCUT2D eigenvalue weighted by molar-refractivity contribution is -0.119. The highest BCUT2D eigenvalue weighted by molar-refractivity contribution is 5.78. The van der Waals surface area contributed by atoms with E-state index >= 15 is 0 Å². The van der Waals surface area contributed by atoms with Gasteiger partial charge in [-0.15, -0.1) is 0 Å². The third kappa shape index (κ3) is 5.04. The fraction of sp³-hybridized carbons (Fsp3) is 0.318. The number of benzene rings is 1. The maximum absolute atomic E-state index is 11.6. The minimum Gasteiger partial charge on any atom is -0.352 e. The zero-order chi connectivity index (χ0) is 19.2. The molecule has 28 heavy (non-hydrogen) atoms. The molecule has 1 aliphatic rings. The molecular weight excluding hydrogens is 350 g/mol. The summed E-state index contributed by atoms with van der Waals surface area (Å²) in [6.07, 6.45) is 7.13. The van der Waals surface area contributed by atoms with Crippen LogP contribution < -0.4 is 5.32 Å². The van der Waals surface area contributed by atoms with Gasteiger partial charge in [0.2, 0.25) is 5.91 Å². The van der Waals surface area contributed by atoms with E-state index in [2.05, 4.69) is 44.6 Å². The van der Waals surface area contributed by atoms with E-state index in [1.165, 1.54) is 11.1 Å². The molecule has 0 unspecified atom stereocenters. The molecule has 1 aliphatic heterocycles. The van der Waals surface area contributed by atoms with Crippen LogP contribution in [-0.2, 0) is 24.4 Å². The summed E-state index contributed by atoms with van der Waals surface area (Å²) in [6.45, 7) is 3.16. The number of hydrogen-bond acceptors (Lipinski definition) is 4. The van der Waals surface area contributed by atoms with Crippen molar-refractivity contribution in [2.75, 3.05) is 6.54 Å². The van der Waals surface area contributed by atoms with Crippen molar-refractivity contribution in [3.63, 3.8) is 0 Å². The molecule has 0 bridgehead atoms. The first-order chi connectivity index (χ1) is 13.7. The average Bonchev–Trinajstić information content (AvgIpc) is 3.34. The van der Waals surface area contributed by atoms with Gasteiger partial charge in [0.05, 0.1) is 12.2 Å². The summed E-state index contributed by atoms with van der Waals surface area (Å²) in [5.74, 6) is 0.156. The second-order valence-electron chi connectivity index (χ2n) is 7.32. The van der Waals surface area contributed by atoms with Crippen LogP contribution in [0, 0.1) is 0 Å². The van der Waals surface area contributed by atoms with Crippen molar-refractivity contribution in [2.45, 2.75) is 38.5 Å². The second-order valence-corrected chi connectivity index (χ2v) is 7.32. The Morgan fingerprint density at radius 3 is 2.75 bits per heavy atom. The number of carbonyl (C=O) groups is 1. The molecule has 1 amide bonds. The summed E-state index contributed by atoms with van der Waals surface area (Å²) in [6, 6.07) is 16.8. The normalized spacial score (nSPS) is 16.5. The Hall–Kier alpha value is -2.99. The average molecular weight is 375 g/mol. The fourth-order valence-corrected chi connectivity index (χ4v) is 3.70. The van der Waals surface area contributed by atoms with Crippen molar-refractivity contribution in [1.29, 1.82) is 0 Å². The van der Waals surface area contributed by atoms with Crippen molar-refractivity contribution in [2.24, 2.45) is 0 Å². The van der Waals surface area contributed by atoms with E-state index in [9.17, 15) is 4.79 Å². The molecule has 2 aromatic heterocycles. The van der Waals surface area contributed by atoms with Gasteiger partial charge in [0.1, 0.15) is 0 Å². The highest BCUT2D eigenvalue weighted by atomic mass is 16.1. The predicted octanol–water partition coefficient (Wildman–Crippen LogP) is 2.61. The molecule has 0 aliphatic carbocycles. The van der Waals surface area contributed by atoms with Gasteiger partial charge >= 0.3 is 0 Å². The van der Waals surface area contributed by atoms with Crippen LogP contribution in [0.15, 0.2) is 67.1 Å². The molecule has 3 aromatic rings. The first-order valence-electron chi connectivity index (χ1n) is 9.71. The lowest BCUT2D eigenvalue weighted by atomic mass is 10.1. The largest absolute Gasteiger partial charge is 0.352 e. The van der Waals surface area contributed by atoms with Crippen LogP contribution in [0.5, 0.6) is 0 Å². The molecule has 0 spiro atoms. The maximum Gasteiger partial charge on any atom is 0.220 e. The lowest BCUT2D eigenvalue weighted by Crippen LogP contribution is -2.38. The summed E-state index contributed by atoms with van der Waals surface area (Å²) in [4.78, 5) is 18.4. The molecule has 0 saturated carbocycles. The zero-order valence-corrected chi connectivity index (χ0v) is 15.9. The minimum absolute atomic E-state index is 0.156.